The van der Waals surface area contributed by atoms with Crippen molar-refractivity contribution in [1.82, 2.24) is 9.78 Å². The van der Waals surface area contributed by atoms with Gasteiger partial charge in [-0.15, -0.1) is 0 Å². The monoisotopic (exact) mass is 286 g/mol. The Morgan fingerprint density at radius 1 is 1.00 bits per heavy atom. The Labute approximate surface area is 127 Å². The van der Waals surface area contributed by atoms with Crippen molar-refractivity contribution in [3.8, 4) is 17.0 Å². The Bertz CT molecular complexity index is 655. The van der Waals surface area contributed by atoms with Crippen molar-refractivity contribution in [1.29, 1.82) is 0 Å². The number of nitrogens with zero attached hydrogens (tertiary/aromatic N) is 2. The number of hydrogen-bond donors (Lipinski definition) is 1. The van der Waals surface area contributed by atoms with E-state index in [1.165, 1.54) is 5.56 Å². The molecule has 0 aliphatic carbocycles. The minimum atomic E-state index is -0.156. The van der Waals surface area contributed by atoms with Crippen molar-refractivity contribution in [2.75, 3.05) is 0 Å². The fourth-order valence-electron chi connectivity index (χ4n) is 2.67. The largest absolute Gasteiger partial charge is 0.504 e. The molecule has 1 heterocycles. The lowest BCUT2D eigenvalue weighted by molar-refractivity contribution is 0.345. The van der Waals surface area contributed by atoms with Crippen LogP contribution in [0.25, 0.3) is 11.3 Å². The molecule has 0 unspecified atom stereocenters. The fourth-order valence-corrected chi connectivity index (χ4v) is 2.67. The van der Waals surface area contributed by atoms with Crippen molar-refractivity contribution in [3.63, 3.8) is 0 Å². The molecule has 0 spiro atoms. The first-order valence-corrected chi connectivity index (χ1v) is 7.42. The quantitative estimate of drug-likeness (QED) is 0.831. The van der Waals surface area contributed by atoms with Crippen LogP contribution in [0, 0.1) is 6.92 Å². The summed E-state index contributed by atoms with van der Waals surface area (Å²) in [7, 11) is 0. The second-order valence-corrected chi connectivity index (χ2v) is 7.66. The summed E-state index contributed by atoms with van der Waals surface area (Å²) in [5, 5.41) is 15.2. The van der Waals surface area contributed by atoms with Crippen LogP contribution in [0.15, 0.2) is 24.3 Å². The second kappa shape index (κ2) is 4.90. The van der Waals surface area contributed by atoms with Crippen molar-refractivity contribution >= 4 is 0 Å². The molecule has 0 radical (unpaired) electrons. The first kappa shape index (κ1) is 15.6. The Kier molecular flexibility index (Phi) is 3.64. The Hall–Kier alpha value is -1.77. The third-order valence-electron chi connectivity index (χ3n) is 3.71. The zero-order chi connectivity index (χ0) is 16.0. The highest BCUT2D eigenvalue weighted by Crippen LogP contribution is 2.39. The van der Waals surface area contributed by atoms with E-state index in [1.807, 2.05) is 29.8 Å². The van der Waals surface area contributed by atoms with E-state index in [-0.39, 0.29) is 16.7 Å². The van der Waals surface area contributed by atoms with E-state index in [4.69, 9.17) is 5.10 Å². The molecule has 1 aromatic carbocycles. The van der Waals surface area contributed by atoms with Crippen LogP contribution in [0.5, 0.6) is 5.75 Å². The minimum absolute atomic E-state index is 0.00243. The summed E-state index contributed by atoms with van der Waals surface area (Å²) in [5.41, 5.74) is 3.53. The molecule has 2 aromatic rings. The summed E-state index contributed by atoms with van der Waals surface area (Å²) in [6, 6.07) is 8.18. The first-order chi connectivity index (χ1) is 9.53. The van der Waals surface area contributed by atoms with Gasteiger partial charge < -0.3 is 5.11 Å². The van der Waals surface area contributed by atoms with Crippen molar-refractivity contribution in [2.45, 2.75) is 59.4 Å². The third kappa shape index (κ3) is 2.82. The molecule has 0 aliphatic heterocycles. The van der Waals surface area contributed by atoms with Gasteiger partial charge in [-0.05, 0) is 38.7 Å². The zero-order valence-corrected chi connectivity index (χ0v) is 14.2. The molecule has 0 atom stereocenters. The van der Waals surface area contributed by atoms with E-state index in [9.17, 15) is 5.11 Å². The maximum atomic E-state index is 10.5. The number of hydrogen-bond acceptors (Lipinski definition) is 2. The highest BCUT2D eigenvalue weighted by atomic mass is 16.3. The van der Waals surface area contributed by atoms with E-state index in [0.29, 0.717) is 5.69 Å². The summed E-state index contributed by atoms with van der Waals surface area (Å²) < 4.78 is 1.90. The van der Waals surface area contributed by atoms with Gasteiger partial charge in [0.2, 0.25) is 0 Å². The molecule has 0 saturated heterocycles. The number of benzene rings is 1. The van der Waals surface area contributed by atoms with Crippen LogP contribution in [0.3, 0.4) is 0 Å². The maximum Gasteiger partial charge on any atom is 0.164 e. The topological polar surface area (TPSA) is 38.1 Å². The Morgan fingerprint density at radius 2 is 1.57 bits per heavy atom. The molecular weight excluding hydrogens is 260 g/mol. The molecule has 0 amide bonds. The normalized spacial score (nSPS) is 12.7. The van der Waals surface area contributed by atoms with Crippen molar-refractivity contribution in [3.05, 3.63) is 35.5 Å². The molecule has 21 heavy (non-hydrogen) atoms. The molecule has 3 nitrogen and oxygen atoms in total. The van der Waals surface area contributed by atoms with Gasteiger partial charge in [0.1, 0.15) is 5.69 Å². The standard InChI is InChI=1S/C18H26N2O/c1-12-16(21)15(19-20(12)18(5,6)7)13-10-8-9-11-14(13)17(2,3)4/h8-11,21H,1-7H3. The van der Waals surface area contributed by atoms with E-state index in [2.05, 4.69) is 47.6 Å². The molecule has 0 saturated carbocycles. The van der Waals surface area contributed by atoms with Crippen LogP contribution >= 0.6 is 0 Å². The smallest absolute Gasteiger partial charge is 0.164 e. The Morgan fingerprint density at radius 3 is 2.05 bits per heavy atom. The van der Waals surface area contributed by atoms with Crippen LogP contribution < -0.4 is 0 Å². The van der Waals surface area contributed by atoms with E-state index in [1.54, 1.807) is 0 Å². The molecule has 0 bridgehead atoms. The first-order valence-electron chi connectivity index (χ1n) is 7.42. The van der Waals surface area contributed by atoms with Crippen molar-refractivity contribution < 1.29 is 5.11 Å². The summed E-state index contributed by atoms with van der Waals surface area (Å²) >= 11 is 0. The number of aromatic hydroxyl groups is 1. The fraction of sp³-hybridized carbons (Fsp3) is 0.500. The van der Waals surface area contributed by atoms with Gasteiger partial charge in [0.15, 0.2) is 5.75 Å². The Balaban J connectivity index is 2.70. The van der Waals surface area contributed by atoms with Gasteiger partial charge in [-0.3, -0.25) is 4.68 Å². The van der Waals surface area contributed by atoms with Gasteiger partial charge in [-0.1, -0.05) is 45.0 Å². The molecule has 1 aromatic heterocycles. The maximum absolute atomic E-state index is 10.5. The highest BCUT2D eigenvalue weighted by molar-refractivity contribution is 5.71. The van der Waals surface area contributed by atoms with Gasteiger partial charge >= 0.3 is 0 Å². The zero-order valence-electron chi connectivity index (χ0n) is 14.2. The average molecular weight is 286 g/mol. The van der Waals surface area contributed by atoms with E-state index in [0.717, 1.165) is 11.3 Å². The molecule has 0 fully saturated rings. The molecular formula is C18H26N2O. The van der Waals surface area contributed by atoms with Crippen LogP contribution in [0.2, 0.25) is 0 Å². The van der Waals surface area contributed by atoms with Crippen LogP contribution in [0.4, 0.5) is 0 Å². The second-order valence-electron chi connectivity index (χ2n) is 7.66. The van der Waals surface area contributed by atoms with E-state index < -0.39 is 0 Å². The predicted octanol–water partition coefficient (Wildman–Crippen LogP) is 4.62. The summed E-state index contributed by atoms with van der Waals surface area (Å²) in [4.78, 5) is 0. The lowest BCUT2D eigenvalue weighted by atomic mass is 9.83. The third-order valence-corrected chi connectivity index (χ3v) is 3.71. The summed E-state index contributed by atoms with van der Waals surface area (Å²) in [5.74, 6) is 0.279. The predicted molar refractivity (Wildman–Crippen MR) is 87.8 cm³/mol. The SMILES string of the molecule is Cc1c(O)c(-c2ccccc2C(C)(C)C)nn1C(C)(C)C. The minimum Gasteiger partial charge on any atom is -0.504 e. The van der Waals surface area contributed by atoms with Crippen molar-refractivity contribution in [2.24, 2.45) is 0 Å². The van der Waals surface area contributed by atoms with E-state index >= 15 is 0 Å². The lowest BCUT2D eigenvalue weighted by Crippen LogP contribution is -2.24. The number of rotatable bonds is 1. The van der Waals surface area contributed by atoms with Gasteiger partial charge in [0, 0.05) is 5.56 Å². The van der Waals surface area contributed by atoms with Gasteiger partial charge in [-0.2, -0.15) is 5.10 Å². The number of aromatic nitrogens is 2. The van der Waals surface area contributed by atoms with Crippen LogP contribution in [-0.4, -0.2) is 14.9 Å². The molecule has 3 heteroatoms. The molecule has 1 N–H and O–H groups in total. The molecule has 2 rings (SSSR count). The summed E-state index contributed by atoms with van der Waals surface area (Å²) in [6.07, 6.45) is 0. The molecule has 0 aliphatic rings. The van der Waals surface area contributed by atoms with Gasteiger partial charge in [0.05, 0.1) is 11.2 Å². The van der Waals surface area contributed by atoms with Crippen LogP contribution in [-0.2, 0) is 11.0 Å². The summed E-state index contributed by atoms with van der Waals surface area (Å²) in [6.45, 7) is 14.7. The average Bonchev–Trinajstić information content (AvgIpc) is 2.65. The highest BCUT2D eigenvalue weighted by Gasteiger charge is 2.26. The van der Waals surface area contributed by atoms with Gasteiger partial charge in [0.25, 0.3) is 0 Å². The lowest BCUT2D eigenvalue weighted by Gasteiger charge is -2.22. The van der Waals surface area contributed by atoms with Crippen LogP contribution in [0.1, 0.15) is 52.8 Å². The molecule has 114 valence electrons. The van der Waals surface area contributed by atoms with Gasteiger partial charge in [-0.25, -0.2) is 0 Å².